The molecule has 0 saturated carbocycles. The molecule has 16 heavy (non-hydrogen) atoms. The van der Waals surface area contributed by atoms with Crippen molar-refractivity contribution in [1.82, 2.24) is 0 Å². The standard InChI is InChI=1S/C9H15N3O4/c1-3-11-7(5-10)4-8(9(13)14)12-6-16-15-2/h3,5-6,8H,4,10H2,1-2H3,(H,13,14)/b7-5-,11-3-,12-6+/t8-/m0/s1. The molecule has 0 heterocycles. The Morgan fingerprint density at radius 3 is 2.75 bits per heavy atom. The lowest BCUT2D eigenvalue weighted by atomic mass is 10.2. The smallest absolute Gasteiger partial charge is 0.328 e. The van der Waals surface area contributed by atoms with E-state index < -0.39 is 12.0 Å². The van der Waals surface area contributed by atoms with E-state index in [1.165, 1.54) is 19.5 Å². The van der Waals surface area contributed by atoms with Crippen molar-refractivity contribution in [2.24, 2.45) is 15.7 Å². The molecule has 0 aliphatic heterocycles. The first-order chi connectivity index (χ1) is 7.65. The molecule has 3 N–H and O–H groups in total. The SMILES string of the molecule is C/C=N\C(=C/N)C[C@H](/N=C/OOC)C(=O)O. The molecule has 0 aromatic rings. The minimum absolute atomic E-state index is 0.0831. The van der Waals surface area contributed by atoms with Gasteiger partial charge < -0.3 is 15.7 Å². The molecule has 0 rings (SSSR count). The van der Waals surface area contributed by atoms with Gasteiger partial charge in [0, 0.05) is 18.8 Å². The summed E-state index contributed by atoms with van der Waals surface area (Å²) in [7, 11) is 1.29. The van der Waals surface area contributed by atoms with Crippen molar-refractivity contribution in [2.45, 2.75) is 19.4 Å². The van der Waals surface area contributed by atoms with E-state index in [4.69, 9.17) is 10.8 Å². The van der Waals surface area contributed by atoms with Gasteiger partial charge in [-0.2, -0.15) is 4.89 Å². The summed E-state index contributed by atoms with van der Waals surface area (Å²) < 4.78 is 0. The molecule has 0 spiro atoms. The number of rotatable bonds is 7. The summed E-state index contributed by atoms with van der Waals surface area (Å²) in [6, 6.07) is -1.01. The van der Waals surface area contributed by atoms with E-state index in [1.807, 2.05) is 0 Å². The highest BCUT2D eigenvalue weighted by Crippen LogP contribution is 2.09. The Kier molecular flexibility index (Phi) is 7.43. The van der Waals surface area contributed by atoms with Crippen molar-refractivity contribution in [1.29, 1.82) is 0 Å². The molecule has 0 bridgehead atoms. The van der Waals surface area contributed by atoms with Crippen LogP contribution < -0.4 is 5.73 Å². The lowest BCUT2D eigenvalue weighted by Crippen LogP contribution is -2.19. The van der Waals surface area contributed by atoms with Crippen LogP contribution in [0.15, 0.2) is 21.9 Å². The van der Waals surface area contributed by atoms with Gasteiger partial charge in [-0.25, -0.2) is 9.79 Å². The van der Waals surface area contributed by atoms with Crippen LogP contribution in [0.4, 0.5) is 0 Å². The number of nitrogens with zero attached hydrogens (tertiary/aromatic N) is 2. The first kappa shape index (κ1) is 14.1. The second-order valence-electron chi connectivity index (χ2n) is 2.62. The maximum Gasteiger partial charge on any atom is 0.328 e. The van der Waals surface area contributed by atoms with Crippen LogP contribution in [-0.2, 0) is 14.6 Å². The van der Waals surface area contributed by atoms with Gasteiger partial charge in [0.15, 0.2) is 6.04 Å². The van der Waals surface area contributed by atoms with Crippen LogP contribution in [0.1, 0.15) is 13.3 Å². The van der Waals surface area contributed by atoms with Crippen LogP contribution in [0.5, 0.6) is 0 Å². The summed E-state index contributed by atoms with van der Waals surface area (Å²) in [6.07, 6.45) is 3.76. The van der Waals surface area contributed by atoms with E-state index in [9.17, 15) is 4.79 Å². The van der Waals surface area contributed by atoms with E-state index in [0.29, 0.717) is 5.70 Å². The second kappa shape index (κ2) is 8.42. The first-order valence-corrected chi connectivity index (χ1v) is 4.49. The van der Waals surface area contributed by atoms with Crippen molar-refractivity contribution in [2.75, 3.05) is 7.11 Å². The largest absolute Gasteiger partial charge is 0.480 e. The predicted octanol–water partition coefficient (Wildman–Crippen LogP) is 0.327. The van der Waals surface area contributed by atoms with Gasteiger partial charge in [-0.15, -0.1) is 0 Å². The zero-order chi connectivity index (χ0) is 12.4. The monoisotopic (exact) mass is 229 g/mol. The molecule has 0 unspecified atom stereocenters. The molecule has 7 nitrogen and oxygen atoms in total. The Bertz CT molecular complexity index is 299. The number of hydrogen-bond donors (Lipinski definition) is 2. The highest BCUT2D eigenvalue weighted by molar-refractivity contribution is 5.75. The fraction of sp³-hybridized carbons (Fsp3) is 0.444. The fourth-order valence-electron chi connectivity index (χ4n) is 0.873. The highest BCUT2D eigenvalue weighted by Gasteiger charge is 2.17. The summed E-state index contributed by atoms with van der Waals surface area (Å²) in [5, 5.41) is 8.86. The highest BCUT2D eigenvalue weighted by atomic mass is 17.2. The van der Waals surface area contributed by atoms with E-state index in [-0.39, 0.29) is 6.42 Å². The van der Waals surface area contributed by atoms with Crippen molar-refractivity contribution in [3.8, 4) is 0 Å². The molecule has 0 saturated heterocycles. The Morgan fingerprint density at radius 1 is 1.62 bits per heavy atom. The van der Waals surface area contributed by atoms with Crippen LogP contribution in [0.25, 0.3) is 0 Å². The molecule has 0 aromatic heterocycles. The number of carboxylic acids is 1. The third-order valence-electron chi connectivity index (χ3n) is 1.55. The fourth-order valence-corrected chi connectivity index (χ4v) is 0.873. The second-order valence-corrected chi connectivity index (χ2v) is 2.62. The maximum absolute atomic E-state index is 10.8. The normalized spacial score (nSPS) is 14.5. The van der Waals surface area contributed by atoms with Crippen LogP contribution >= 0.6 is 0 Å². The van der Waals surface area contributed by atoms with Crippen molar-refractivity contribution in [3.05, 3.63) is 11.9 Å². The summed E-state index contributed by atoms with van der Waals surface area (Å²) in [6.45, 7) is 1.70. The molecule has 0 aliphatic rings. The molecular formula is C9H15N3O4. The molecule has 7 heteroatoms. The number of carboxylic acid groups (broad SMARTS) is 1. The molecule has 0 radical (unpaired) electrons. The molecular weight excluding hydrogens is 214 g/mol. The van der Waals surface area contributed by atoms with E-state index >= 15 is 0 Å². The van der Waals surface area contributed by atoms with Gasteiger partial charge in [-0.1, -0.05) is 0 Å². The van der Waals surface area contributed by atoms with Crippen LogP contribution in [-0.4, -0.2) is 36.8 Å². The number of nitrogens with two attached hydrogens (primary N) is 1. The van der Waals surface area contributed by atoms with Crippen LogP contribution in [0.2, 0.25) is 0 Å². The van der Waals surface area contributed by atoms with Crippen molar-refractivity contribution < 1.29 is 19.7 Å². The molecule has 0 aromatic carbocycles. The van der Waals surface area contributed by atoms with Gasteiger partial charge in [0.25, 0.3) is 0 Å². The molecule has 1 atom stereocenters. The minimum atomic E-state index is -1.10. The molecule has 90 valence electrons. The zero-order valence-electron chi connectivity index (χ0n) is 9.16. The van der Waals surface area contributed by atoms with Gasteiger partial charge in [0.05, 0.1) is 12.8 Å². The average molecular weight is 229 g/mol. The van der Waals surface area contributed by atoms with E-state index in [2.05, 4.69) is 19.8 Å². The Hall–Kier alpha value is -1.89. The minimum Gasteiger partial charge on any atom is -0.480 e. The van der Waals surface area contributed by atoms with Gasteiger partial charge in [-0.05, 0) is 6.92 Å². The number of hydrogen-bond acceptors (Lipinski definition) is 6. The third-order valence-corrected chi connectivity index (χ3v) is 1.55. The molecule has 0 fully saturated rings. The number of aliphatic imine (C=N–C) groups is 2. The van der Waals surface area contributed by atoms with Gasteiger partial charge in [0.2, 0.25) is 6.40 Å². The Labute approximate surface area is 93.2 Å². The summed E-state index contributed by atoms with van der Waals surface area (Å²) in [4.78, 5) is 26.9. The molecule has 0 amide bonds. The Morgan fingerprint density at radius 2 is 2.31 bits per heavy atom. The van der Waals surface area contributed by atoms with E-state index in [1.54, 1.807) is 6.92 Å². The quantitative estimate of drug-likeness (QED) is 0.283. The Balaban J connectivity index is 4.50. The zero-order valence-corrected chi connectivity index (χ0v) is 9.16. The summed E-state index contributed by atoms with van der Waals surface area (Å²) >= 11 is 0. The topological polar surface area (TPSA) is 107 Å². The summed E-state index contributed by atoms with van der Waals surface area (Å²) in [5.41, 5.74) is 5.72. The number of aliphatic carboxylic acids is 1. The lowest BCUT2D eigenvalue weighted by molar-refractivity contribution is -0.188. The van der Waals surface area contributed by atoms with Gasteiger partial charge in [-0.3, -0.25) is 4.99 Å². The average Bonchev–Trinajstić information content (AvgIpc) is 2.26. The van der Waals surface area contributed by atoms with Crippen molar-refractivity contribution >= 4 is 18.6 Å². The maximum atomic E-state index is 10.8. The lowest BCUT2D eigenvalue weighted by Gasteiger charge is -2.06. The first-order valence-electron chi connectivity index (χ1n) is 4.49. The van der Waals surface area contributed by atoms with Crippen LogP contribution in [0.3, 0.4) is 0 Å². The van der Waals surface area contributed by atoms with Gasteiger partial charge >= 0.3 is 5.97 Å². The summed E-state index contributed by atoms with van der Waals surface area (Å²) in [5.74, 6) is -1.10. The predicted molar refractivity (Wildman–Crippen MR) is 59.1 cm³/mol. The van der Waals surface area contributed by atoms with Gasteiger partial charge in [0.1, 0.15) is 0 Å². The van der Waals surface area contributed by atoms with Crippen molar-refractivity contribution in [3.63, 3.8) is 0 Å². The number of carbonyl (C=O) groups is 1. The third kappa shape index (κ3) is 5.76. The van der Waals surface area contributed by atoms with E-state index in [0.717, 1.165) is 6.40 Å². The molecule has 0 aliphatic carbocycles. The van der Waals surface area contributed by atoms with Crippen LogP contribution in [0, 0.1) is 0 Å².